The van der Waals surface area contributed by atoms with Crippen molar-refractivity contribution < 1.29 is 8.42 Å². The number of nitrogens with zero attached hydrogens (tertiary/aromatic N) is 1. The minimum atomic E-state index is -3.43. The normalized spacial score (nSPS) is 12.7. The van der Waals surface area contributed by atoms with E-state index in [1.54, 1.807) is 26.2 Å². The molecule has 0 saturated heterocycles. The van der Waals surface area contributed by atoms with Gasteiger partial charge in [-0.2, -0.15) is 0 Å². The standard InChI is InChI=1S/C16H28N2O2S/c1-12(2)14(13(3)4)11-17-15-9-7-8-10-16(15)21(19,20)18(5)6/h7-10,12-14,17H,11H2,1-6H3. The van der Waals surface area contributed by atoms with Gasteiger partial charge in [0.1, 0.15) is 4.90 Å². The first kappa shape index (κ1) is 18.0. The van der Waals surface area contributed by atoms with Crippen LogP contribution in [0.15, 0.2) is 29.2 Å². The average Bonchev–Trinajstić information content (AvgIpc) is 2.38. The molecular formula is C16H28N2O2S. The van der Waals surface area contributed by atoms with Crippen LogP contribution in [0, 0.1) is 17.8 Å². The van der Waals surface area contributed by atoms with E-state index >= 15 is 0 Å². The Hall–Kier alpha value is -1.07. The van der Waals surface area contributed by atoms with Crippen LogP contribution < -0.4 is 5.32 Å². The number of hydrogen-bond acceptors (Lipinski definition) is 3. The molecule has 0 amide bonds. The lowest BCUT2D eigenvalue weighted by molar-refractivity contribution is 0.304. The van der Waals surface area contributed by atoms with E-state index in [4.69, 9.17) is 0 Å². The molecule has 120 valence electrons. The molecule has 0 atom stereocenters. The molecule has 0 aliphatic heterocycles. The molecule has 21 heavy (non-hydrogen) atoms. The average molecular weight is 312 g/mol. The van der Waals surface area contributed by atoms with Gasteiger partial charge in [-0.25, -0.2) is 12.7 Å². The Morgan fingerprint density at radius 3 is 2.05 bits per heavy atom. The number of para-hydroxylation sites is 1. The minimum Gasteiger partial charge on any atom is -0.384 e. The first-order chi connectivity index (χ1) is 9.67. The van der Waals surface area contributed by atoms with Crippen molar-refractivity contribution in [3.05, 3.63) is 24.3 Å². The number of nitrogens with one attached hydrogen (secondary N) is 1. The van der Waals surface area contributed by atoms with E-state index < -0.39 is 10.0 Å². The number of benzene rings is 1. The van der Waals surface area contributed by atoms with Crippen LogP contribution >= 0.6 is 0 Å². The molecule has 0 bridgehead atoms. The highest BCUT2D eigenvalue weighted by atomic mass is 32.2. The van der Waals surface area contributed by atoms with Crippen LogP contribution in [-0.4, -0.2) is 33.4 Å². The van der Waals surface area contributed by atoms with Gasteiger partial charge in [0.05, 0.1) is 5.69 Å². The largest absolute Gasteiger partial charge is 0.384 e. The Bertz CT molecular complexity index is 543. The Morgan fingerprint density at radius 2 is 1.57 bits per heavy atom. The molecule has 0 aromatic heterocycles. The topological polar surface area (TPSA) is 49.4 Å². The van der Waals surface area contributed by atoms with Gasteiger partial charge in [0.2, 0.25) is 10.0 Å². The number of sulfonamides is 1. The highest BCUT2D eigenvalue weighted by Gasteiger charge is 2.22. The van der Waals surface area contributed by atoms with Crippen LogP contribution in [0.4, 0.5) is 5.69 Å². The van der Waals surface area contributed by atoms with Crippen molar-refractivity contribution in [2.24, 2.45) is 17.8 Å². The molecule has 0 spiro atoms. The molecule has 0 aliphatic carbocycles. The van der Waals surface area contributed by atoms with Gasteiger partial charge in [0.25, 0.3) is 0 Å². The summed E-state index contributed by atoms with van der Waals surface area (Å²) in [7, 11) is -0.320. The quantitative estimate of drug-likeness (QED) is 0.840. The second kappa shape index (κ2) is 7.27. The molecule has 1 aromatic carbocycles. The third-order valence-corrected chi connectivity index (χ3v) is 5.76. The smallest absolute Gasteiger partial charge is 0.244 e. The van der Waals surface area contributed by atoms with E-state index in [1.807, 2.05) is 12.1 Å². The SMILES string of the molecule is CC(C)C(CNc1ccccc1S(=O)(=O)N(C)C)C(C)C. The summed E-state index contributed by atoms with van der Waals surface area (Å²) in [5, 5.41) is 3.33. The van der Waals surface area contributed by atoms with Crippen molar-refractivity contribution in [3.63, 3.8) is 0 Å². The van der Waals surface area contributed by atoms with E-state index in [0.717, 1.165) is 6.54 Å². The van der Waals surface area contributed by atoms with Gasteiger partial charge in [-0.05, 0) is 29.9 Å². The minimum absolute atomic E-state index is 0.335. The summed E-state index contributed by atoms with van der Waals surface area (Å²) in [5.74, 6) is 1.60. The molecule has 1 rings (SSSR count). The fourth-order valence-electron chi connectivity index (χ4n) is 2.50. The Kier molecular flexibility index (Phi) is 6.23. The summed E-state index contributed by atoms with van der Waals surface area (Å²) >= 11 is 0. The second-order valence-electron chi connectivity index (χ2n) is 6.32. The molecule has 1 N–H and O–H groups in total. The van der Waals surface area contributed by atoms with Gasteiger partial charge in [0.15, 0.2) is 0 Å². The molecule has 4 nitrogen and oxygen atoms in total. The zero-order valence-electron chi connectivity index (χ0n) is 13.9. The Morgan fingerprint density at radius 1 is 1.05 bits per heavy atom. The van der Waals surface area contributed by atoms with Gasteiger partial charge in [-0.1, -0.05) is 39.8 Å². The summed E-state index contributed by atoms with van der Waals surface area (Å²) < 4.78 is 25.9. The predicted molar refractivity (Wildman–Crippen MR) is 89.0 cm³/mol. The van der Waals surface area contributed by atoms with E-state index in [1.165, 1.54) is 4.31 Å². The maximum absolute atomic E-state index is 12.4. The molecule has 0 saturated carbocycles. The maximum atomic E-state index is 12.4. The van der Waals surface area contributed by atoms with Crippen molar-refractivity contribution in [1.29, 1.82) is 0 Å². The lowest BCUT2D eigenvalue weighted by Crippen LogP contribution is -2.27. The predicted octanol–water partition coefficient (Wildman–Crippen LogP) is 3.28. The van der Waals surface area contributed by atoms with E-state index in [9.17, 15) is 8.42 Å². The molecule has 0 unspecified atom stereocenters. The van der Waals surface area contributed by atoms with Gasteiger partial charge < -0.3 is 5.32 Å². The van der Waals surface area contributed by atoms with Crippen molar-refractivity contribution in [2.45, 2.75) is 32.6 Å². The molecule has 0 heterocycles. The number of anilines is 1. The van der Waals surface area contributed by atoms with Gasteiger partial charge >= 0.3 is 0 Å². The Labute approximate surface area is 129 Å². The fourth-order valence-corrected chi connectivity index (χ4v) is 3.57. The van der Waals surface area contributed by atoms with Crippen molar-refractivity contribution >= 4 is 15.7 Å². The van der Waals surface area contributed by atoms with Crippen LogP contribution in [0.2, 0.25) is 0 Å². The van der Waals surface area contributed by atoms with Crippen LogP contribution in [0.3, 0.4) is 0 Å². The Balaban J connectivity index is 3.01. The van der Waals surface area contributed by atoms with Crippen LogP contribution in [0.1, 0.15) is 27.7 Å². The van der Waals surface area contributed by atoms with E-state index in [2.05, 4.69) is 33.0 Å². The third kappa shape index (κ3) is 4.45. The molecule has 0 radical (unpaired) electrons. The molecule has 0 aliphatic rings. The van der Waals surface area contributed by atoms with Crippen molar-refractivity contribution in [3.8, 4) is 0 Å². The highest BCUT2D eigenvalue weighted by molar-refractivity contribution is 7.89. The summed E-state index contributed by atoms with van der Waals surface area (Å²) in [5.41, 5.74) is 0.678. The zero-order chi connectivity index (χ0) is 16.2. The maximum Gasteiger partial charge on any atom is 0.244 e. The summed E-state index contributed by atoms with van der Waals surface area (Å²) in [6.45, 7) is 9.59. The van der Waals surface area contributed by atoms with Gasteiger partial charge in [-0.3, -0.25) is 0 Å². The molecule has 5 heteroatoms. The number of rotatable bonds is 7. The van der Waals surface area contributed by atoms with Crippen LogP contribution in [0.25, 0.3) is 0 Å². The lowest BCUT2D eigenvalue weighted by atomic mass is 9.85. The first-order valence-electron chi connectivity index (χ1n) is 7.43. The molecular weight excluding hydrogens is 284 g/mol. The fraction of sp³-hybridized carbons (Fsp3) is 0.625. The van der Waals surface area contributed by atoms with Gasteiger partial charge in [0, 0.05) is 20.6 Å². The number of hydrogen-bond donors (Lipinski definition) is 1. The van der Waals surface area contributed by atoms with Crippen LogP contribution in [0.5, 0.6) is 0 Å². The van der Waals surface area contributed by atoms with Crippen molar-refractivity contribution in [2.75, 3.05) is 26.0 Å². The summed E-state index contributed by atoms with van der Waals surface area (Å²) in [6, 6.07) is 7.09. The molecule has 1 aromatic rings. The van der Waals surface area contributed by atoms with Crippen LogP contribution in [-0.2, 0) is 10.0 Å². The van der Waals surface area contributed by atoms with E-state index in [0.29, 0.717) is 28.3 Å². The monoisotopic (exact) mass is 312 g/mol. The van der Waals surface area contributed by atoms with Gasteiger partial charge in [-0.15, -0.1) is 0 Å². The van der Waals surface area contributed by atoms with E-state index in [-0.39, 0.29) is 0 Å². The van der Waals surface area contributed by atoms with Crippen molar-refractivity contribution in [1.82, 2.24) is 4.31 Å². The summed E-state index contributed by atoms with van der Waals surface area (Å²) in [6.07, 6.45) is 0. The second-order valence-corrected chi connectivity index (χ2v) is 8.44. The lowest BCUT2D eigenvalue weighted by Gasteiger charge is -2.26. The highest BCUT2D eigenvalue weighted by Crippen LogP contribution is 2.26. The third-order valence-electron chi connectivity index (χ3n) is 3.89. The first-order valence-corrected chi connectivity index (χ1v) is 8.87. The zero-order valence-corrected chi connectivity index (χ0v) is 14.7. The molecule has 0 fully saturated rings. The summed E-state index contributed by atoms with van der Waals surface area (Å²) in [4.78, 5) is 0.335.